The van der Waals surface area contributed by atoms with Gasteiger partial charge in [0, 0.05) is 50.2 Å². The summed E-state index contributed by atoms with van der Waals surface area (Å²) in [6.07, 6.45) is 0. The Morgan fingerprint density at radius 3 is 2.96 bits per heavy atom. The summed E-state index contributed by atoms with van der Waals surface area (Å²) < 4.78 is 0. The number of carbonyl (C=O) groups is 1. The molecule has 2 heterocycles. The number of aromatic nitrogens is 1. The Morgan fingerprint density at radius 1 is 1.42 bits per heavy atom. The first-order chi connectivity index (χ1) is 11.6. The smallest absolute Gasteiger partial charge is 0.251 e. The average molecular weight is 344 g/mol. The van der Waals surface area contributed by atoms with Crippen molar-refractivity contribution in [1.82, 2.24) is 20.1 Å². The number of nitrogens with zero attached hydrogens (tertiary/aromatic N) is 3. The molecule has 1 aliphatic rings. The van der Waals surface area contributed by atoms with E-state index in [-0.39, 0.29) is 5.91 Å². The fourth-order valence-corrected chi connectivity index (χ4v) is 3.78. The van der Waals surface area contributed by atoms with Crippen LogP contribution in [0.3, 0.4) is 0 Å². The Labute approximate surface area is 147 Å². The lowest BCUT2D eigenvalue weighted by molar-refractivity contribution is 0.0894. The monoisotopic (exact) mass is 344 g/mol. The third kappa shape index (κ3) is 3.83. The van der Waals surface area contributed by atoms with Crippen molar-refractivity contribution in [2.24, 2.45) is 0 Å². The lowest BCUT2D eigenvalue weighted by atomic mass is 10.00. The van der Waals surface area contributed by atoms with E-state index in [0.29, 0.717) is 6.04 Å². The van der Waals surface area contributed by atoms with Gasteiger partial charge in [-0.1, -0.05) is 12.1 Å². The number of piperazine rings is 1. The van der Waals surface area contributed by atoms with Crippen molar-refractivity contribution < 1.29 is 4.79 Å². The van der Waals surface area contributed by atoms with E-state index >= 15 is 0 Å². The van der Waals surface area contributed by atoms with E-state index in [1.807, 2.05) is 25.1 Å². The van der Waals surface area contributed by atoms with E-state index in [9.17, 15) is 4.79 Å². The molecule has 1 atom stereocenters. The van der Waals surface area contributed by atoms with Crippen LogP contribution in [0, 0.1) is 6.92 Å². The van der Waals surface area contributed by atoms with Crippen LogP contribution in [0.2, 0.25) is 0 Å². The Bertz CT molecular complexity index is 715. The zero-order chi connectivity index (χ0) is 17.1. The number of aryl methyl sites for hydroxylation is 1. The molecule has 1 aromatic heterocycles. The number of amides is 1. The highest BCUT2D eigenvalue weighted by molar-refractivity contribution is 7.09. The standard InChI is InChI=1S/C18H24N4OS/c1-13-20-16(12-24-13)10-22-8-7-21(3)17(11-22)14-5-4-6-15(9-14)18(23)19-2/h4-6,9,12,17H,7-8,10-11H2,1-3H3,(H,19,23)/t17-/m1/s1. The van der Waals surface area contributed by atoms with E-state index < -0.39 is 0 Å². The van der Waals surface area contributed by atoms with Crippen LogP contribution in [-0.4, -0.2) is 54.4 Å². The van der Waals surface area contributed by atoms with Crippen LogP contribution in [0.15, 0.2) is 29.6 Å². The highest BCUT2D eigenvalue weighted by atomic mass is 32.1. The quantitative estimate of drug-likeness (QED) is 0.925. The van der Waals surface area contributed by atoms with Gasteiger partial charge in [-0.05, 0) is 31.7 Å². The molecule has 0 aliphatic carbocycles. The minimum Gasteiger partial charge on any atom is -0.355 e. The van der Waals surface area contributed by atoms with Crippen molar-refractivity contribution in [2.45, 2.75) is 19.5 Å². The Kier molecular flexibility index (Phi) is 5.28. The van der Waals surface area contributed by atoms with Crippen LogP contribution in [0.1, 0.15) is 32.7 Å². The van der Waals surface area contributed by atoms with Crippen LogP contribution < -0.4 is 5.32 Å². The van der Waals surface area contributed by atoms with Crippen molar-refractivity contribution in [3.63, 3.8) is 0 Å². The predicted octanol–water partition coefficient (Wildman–Crippen LogP) is 2.30. The molecule has 1 aliphatic heterocycles. The molecule has 3 rings (SSSR count). The average Bonchev–Trinajstić information content (AvgIpc) is 3.01. The summed E-state index contributed by atoms with van der Waals surface area (Å²) in [5, 5.41) is 5.96. The van der Waals surface area contributed by atoms with E-state index in [4.69, 9.17) is 0 Å². The molecule has 2 aromatic rings. The summed E-state index contributed by atoms with van der Waals surface area (Å²) in [4.78, 5) is 21.3. The summed E-state index contributed by atoms with van der Waals surface area (Å²) in [6, 6.07) is 8.25. The van der Waals surface area contributed by atoms with E-state index in [0.717, 1.165) is 42.4 Å². The zero-order valence-electron chi connectivity index (χ0n) is 14.5. The lowest BCUT2D eigenvalue weighted by Gasteiger charge is -2.39. The molecule has 5 nitrogen and oxygen atoms in total. The van der Waals surface area contributed by atoms with Gasteiger partial charge in [0.15, 0.2) is 0 Å². The van der Waals surface area contributed by atoms with Gasteiger partial charge in [0.05, 0.1) is 10.7 Å². The molecule has 0 bridgehead atoms. The minimum atomic E-state index is -0.0369. The molecule has 1 amide bonds. The third-order valence-electron chi connectivity index (χ3n) is 4.54. The molecule has 0 saturated carbocycles. The maximum Gasteiger partial charge on any atom is 0.251 e. The number of likely N-dealkylation sites (N-methyl/N-ethyl adjacent to an activating group) is 1. The normalized spacial score (nSPS) is 19.4. The van der Waals surface area contributed by atoms with E-state index in [1.54, 1.807) is 18.4 Å². The lowest BCUT2D eigenvalue weighted by Crippen LogP contribution is -2.46. The number of benzene rings is 1. The van der Waals surface area contributed by atoms with Crippen molar-refractivity contribution in [1.29, 1.82) is 0 Å². The van der Waals surface area contributed by atoms with Crippen molar-refractivity contribution in [3.05, 3.63) is 51.5 Å². The summed E-state index contributed by atoms with van der Waals surface area (Å²) in [6.45, 7) is 5.94. The first-order valence-corrected chi connectivity index (χ1v) is 9.10. The first kappa shape index (κ1) is 17.1. The Morgan fingerprint density at radius 2 is 2.25 bits per heavy atom. The summed E-state index contributed by atoms with van der Waals surface area (Å²) in [5.41, 5.74) is 3.06. The second-order valence-corrected chi connectivity index (χ2v) is 7.36. The fourth-order valence-electron chi connectivity index (χ4n) is 3.18. The summed E-state index contributed by atoms with van der Waals surface area (Å²) >= 11 is 1.71. The minimum absolute atomic E-state index is 0.0369. The van der Waals surface area contributed by atoms with Gasteiger partial charge in [-0.15, -0.1) is 11.3 Å². The van der Waals surface area contributed by atoms with Crippen molar-refractivity contribution >= 4 is 17.2 Å². The van der Waals surface area contributed by atoms with Crippen LogP contribution >= 0.6 is 11.3 Å². The molecule has 0 radical (unpaired) electrons. The van der Waals surface area contributed by atoms with Gasteiger partial charge in [0.2, 0.25) is 0 Å². The molecule has 6 heteroatoms. The second kappa shape index (κ2) is 7.42. The molecule has 1 fully saturated rings. The van der Waals surface area contributed by atoms with Crippen molar-refractivity contribution in [2.75, 3.05) is 33.7 Å². The van der Waals surface area contributed by atoms with Gasteiger partial charge in [-0.3, -0.25) is 14.6 Å². The topological polar surface area (TPSA) is 48.5 Å². The second-order valence-electron chi connectivity index (χ2n) is 6.29. The van der Waals surface area contributed by atoms with Crippen LogP contribution in [-0.2, 0) is 6.54 Å². The maximum atomic E-state index is 11.9. The molecule has 1 N–H and O–H groups in total. The van der Waals surface area contributed by atoms with Crippen molar-refractivity contribution in [3.8, 4) is 0 Å². The molecule has 1 saturated heterocycles. The molecular formula is C18H24N4OS. The largest absolute Gasteiger partial charge is 0.355 e. The van der Waals surface area contributed by atoms with Gasteiger partial charge < -0.3 is 5.32 Å². The summed E-state index contributed by atoms with van der Waals surface area (Å²) in [7, 11) is 3.82. The zero-order valence-corrected chi connectivity index (χ0v) is 15.3. The third-order valence-corrected chi connectivity index (χ3v) is 5.37. The number of thiazole rings is 1. The highest BCUT2D eigenvalue weighted by Crippen LogP contribution is 2.26. The van der Waals surface area contributed by atoms with Crippen LogP contribution in [0.25, 0.3) is 0 Å². The van der Waals surface area contributed by atoms with Gasteiger partial charge in [0.25, 0.3) is 5.91 Å². The fraction of sp³-hybridized carbons (Fsp3) is 0.444. The number of hydrogen-bond acceptors (Lipinski definition) is 5. The van der Waals surface area contributed by atoms with Gasteiger partial charge in [-0.2, -0.15) is 0 Å². The van der Waals surface area contributed by atoms with Crippen LogP contribution in [0.5, 0.6) is 0 Å². The number of rotatable bonds is 4. The van der Waals surface area contributed by atoms with Gasteiger partial charge >= 0.3 is 0 Å². The van der Waals surface area contributed by atoms with Gasteiger partial charge in [-0.25, -0.2) is 4.98 Å². The first-order valence-electron chi connectivity index (χ1n) is 8.22. The maximum absolute atomic E-state index is 11.9. The molecule has 24 heavy (non-hydrogen) atoms. The Hall–Kier alpha value is -1.76. The number of carbonyl (C=O) groups excluding carboxylic acids is 1. The highest BCUT2D eigenvalue weighted by Gasteiger charge is 2.26. The van der Waals surface area contributed by atoms with Gasteiger partial charge in [0.1, 0.15) is 0 Å². The van der Waals surface area contributed by atoms with E-state index in [2.05, 4.69) is 38.6 Å². The molecule has 1 aromatic carbocycles. The molecule has 0 spiro atoms. The Balaban J connectivity index is 1.75. The number of hydrogen-bond donors (Lipinski definition) is 1. The predicted molar refractivity (Wildman–Crippen MR) is 97.3 cm³/mol. The molecule has 128 valence electrons. The molecule has 0 unspecified atom stereocenters. The summed E-state index contributed by atoms with van der Waals surface area (Å²) in [5.74, 6) is -0.0369. The van der Waals surface area contributed by atoms with Crippen LogP contribution in [0.4, 0.5) is 0 Å². The SMILES string of the molecule is CNC(=O)c1cccc([C@H]2CN(Cc3csc(C)n3)CCN2C)c1. The molecular weight excluding hydrogens is 320 g/mol. The number of nitrogens with one attached hydrogen (secondary N) is 1. The van der Waals surface area contributed by atoms with E-state index in [1.165, 1.54) is 5.56 Å².